The molecule has 0 atom stereocenters. The van der Waals surface area contributed by atoms with Gasteiger partial charge >= 0.3 is 5.97 Å². The highest BCUT2D eigenvalue weighted by atomic mass is 32.2. The van der Waals surface area contributed by atoms with Gasteiger partial charge in [-0.1, -0.05) is 18.2 Å². The molecule has 0 saturated heterocycles. The average Bonchev–Trinajstić information content (AvgIpc) is 2.82. The number of ether oxygens (including phenoxy) is 2. The maximum absolute atomic E-state index is 13.2. The van der Waals surface area contributed by atoms with E-state index in [2.05, 4.69) is 5.32 Å². The number of anilines is 2. The van der Waals surface area contributed by atoms with E-state index in [9.17, 15) is 22.4 Å². The minimum atomic E-state index is -3.92. The number of amides is 1. The topological polar surface area (TPSA) is 102 Å². The second kappa shape index (κ2) is 10.1. The van der Waals surface area contributed by atoms with Crippen molar-refractivity contribution < 1.29 is 31.9 Å². The third kappa shape index (κ3) is 5.66. The zero-order valence-electron chi connectivity index (χ0n) is 17.8. The summed E-state index contributed by atoms with van der Waals surface area (Å²) in [7, 11) is -1.09. The first-order valence-electron chi connectivity index (χ1n) is 9.67. The molecule has 10 heteroatoms. The predicted octanol–water partition coefficient (Wildman–Crippen LogP) is 3.45. The van der Waals surface area contributed by atoms with E-state index in [1.807, 2.05) is 0 Å². The molecule has 1 amide bonds. The fourth-order valence-electron chi connectivity index (χ4n) is 2.92. The van der Waals surface area contributed by atoms with Crippen molar-refractivity contribution in [2.75, 3.05) is 30.4 Å². The number of sulfonamides is 1. The molecule has 8 nitrogen and oxygen atoms in total. The number of nitrogens with zero attached hydrogens (tertiary/aromatic N) is 1. The Balaban J connectivity index is 1.65. The third-order valence-corrected chi connectivity index (χ3v) is 6.40. The zero-order chi connectivity index (χ0) is 24.0. The van der Waals surface area contributed by atoms with E-state index in [-0.39, 0.29) is 16.1 Å². The molecule has 0 aliphatic carbocycles. The molecule has 172 valence electrons. The molecule has 0 spiro atoms. The van der Waals surface area contributed by atoms with Crippen LogP contribution in [-0.2, 0) is 19.6 Å². The SMILES string of the molecule is COc1ccccc1N(C)S(=O)(=O)c1ccc(C(=O)OCC(=O)Nc2cccc(F)c2)cc1. The van der Waals surface area contributed by atoms with Gasteiger partial charge in [-0.15, -0.1) is 0 Å². The van der Waals surface area contributed by atoms with Crippen LogP contribution in [0.4, 0.5) is 15.8 Å². The summed E-state index contributed by atoms with van der Waals surface area (Å²) in [5, 5.41) is 2.40. The van der Waals surface area contributed by atoms with Gasteiger partial charge < -0.3 is 14.8 Å². The lowest BCUT2D eigenvalue weighted by Gasteiger charge is -2.21. The molecular weight excluding hydrogens is 451 g/mol. The number of benzene rings is 3. The summed E-state index contributed by atoms with van der Waals surface area (Å²) < 4.78 is 50.3. The molecule has 0 unspecified atom stereocenters. The minimum Gasteiger partial charge on any atom is -0.495 e. The van der Waals surface area contributed by atoms with Crippen LogP contribution in [-0.4, -0.2) is 41.1 Å². The van der Waals surface area contributed by atoms with Crippen molar-refractivity contribution >= 4 is 33.3 Å². The first-order chi connectivity index (χ1) is 15.7. The molecule has 1 N–H and O–H groups in total. The fraction of sp³-hybridized carbons (Fsp3) is 0.130. The number of rotatable bonds is 8. The maximum Gasteiger partial charge on any atom is 0.338 e. The quantitative estimate of drug-likeness (QED) is 0.504. The lowest BCUT2D eigenvalue weighted by atomic mass is 10.2. The lowest BCUT2D eigenvalue weighted by Crippen LogP contribution is -2.27. The van der Waals surface area contributed by atoms with Crippen LogP contribution in [0.5, 0.6) is 5.75 Å². The van der Waals surface area contributed by atoms with Crippen molar-refractivity contribution in [2.45, 2.75) is 4.90 Å². The van der Waals surface area contributed by atoms with E-state index in [1.165, 1.54) is 56.6 Å². The van der Waals surface area contributed by atoms with Crippen LogP contribution in [0.1, 0.15) is 10.4 Å². The van der Waals surface area contributed by atoms with Gasteiger partial charge in [0.05, 0.1) is 23.3 Å². The van der Waals surface area contributed by atoms with Gasteiger partial charge in [-0.2, -0.15) is 0 Å². The molecule has 33 heavy (non-hydrogen) atoms. The Morgan fingerprint density at radius 3 is 2.36 bits per heavy atom. The molecule has 0 saturated carbocycles. The second-order valence-corrected chi connectivity index (χ2v) is 8.77. The summed E-state index contributed by atoms with van der Waals surface area (Å²) in [6.07, 6.45) is 0. The summed E-state index contributed by atoms with van der Waals surface area (Å²) >= 11 is 0. The molecule has 3 rings (SSSR count). The zero-order valence-corrected chi connectivity index (χ0v) is 18.6. The average molecular weight is 472 g/mol. The van der Waals surface area contributed by atoms with Crippen molar-refractivity contribution in [2.24, 2.45) is 0 Å². The molecule has 0 bridgehead atoms. The molecule has 3 aromatic carbocycles. The van der Waals surface area contributed by atoms with Crippen molar-refractivity contribution in [3.63, 3.8) is 0 Å². The summed E-state index contributed by atoms with van der Waals surface area (Å²) in [6.45, 7) is -0.591. The van der Waals surface area contributed by atoms with E-state index in [4.69, 9.17) is 9.47 Å². The molecule has 3 aromatic rings. The van der Waals surface area contributed by atoms with Crippen LogP contribution in [0, 0.1) is 5.82 Å². The Morgan fingerprint density at radius 2 is 1.70 bits per heavy atom. The number of esters is 1. The van der Waals surface area contributed by atoms with Gasteiger partial charge in [0.15, 0.2) is 6.61 Å². The van der Waals surface area contributed by atoms with Crippen molar-refractivity contribution in [1.82, 2.24) is 0 Å². The summed E-state index contributed by atoms with van der Waals surface area (Å²) in [6, 6.07) is 17.0. The smallest absolute Gasteiger partial charge is 0.338 e. The fourth-order valence-corrected chi connectivity index (χ4v) is 4.12. The Morgan fingerprint density at radius 1 is 1.00 bits per heavy atom. The number of hydrogen-bond acceptors (Lipinski definition) is 6. The Bertz CT molecular complexity index is 1260. The standard InChI is InChI=1S/C23H21FN2O6S/c1-26(20-8-3-4-9-21(20)31-2)33(29,30)19-12-10-16(11-13-19)23(28)32-15-22(27)25-18-7-5-6-17(24)14-18/h3-14H,15H2,1-2H3,(H,25,27). The highest BCUT2D eigenvalue weighted by Crippen LogP contribution is 2.30. The van der Waals surface area contributed by atoms with Crippen LogP contribution in [0.15, 0.2) is 77.7 Å². The van der Waals surface area contributed by atoms with E-state index >= 15 is 0 Å². The number of methoxy groups -OCH3 is 1. The number of halogens is 1. The van der Waals surface area contributed by atoms with Gasteiger partial charge in [-0.25, -0.2) is 17.6 Å². The molecule has 0 fully saturated rings. The van der Waals surface area contributed by atoms with Crippen LogP contribution in [0.25, 0.3) is 0 Å². The van der Waals surface area contributed by atoms with Crippen LogP contribution >= 0.6 is 0 Å². The summed E-state index contributed by atoms with van der Waals surface area (Å²) in [5.41, 5.74) is 0.644. The first-order valence-corrected chi connectivity index (χ1v) is 11.1. The number of hydrogen-bond donors (Lipinski definition) is 1. The van der Waals surface area contributed by atoms with Crippen LogP contribution in [0.3, 0.4) is 0 Å². The van der Waals surface area contributed by atoms with Gasteiger partial charge in [0.25, 0.3) is 15.9 Å². The highest BCUT2D eigenvalue weighted by molar-refractivity contribution is 7.92. The van der Waals surface area contributed by atoms with E-state index in [0.29, 0.717) is 11.4 Å². The van der Waals surface area contributed by atoms with E-state index in [1.54, 1.807) is 24.3 Å². The van der Waals surface area contributed by atoms with Gasteiger partial charge in [-0.05, 0) is 54.6 Å². The van der Waals surface area contributed by atoms with Crippen molar-refractivity contribution in [3.05, 3.63) is 84.2 Å². The molecule has 0 heterocycles. The van der Waals surface area contributed by atoms with Gasteiger partial charge in [-0.3, -0.25) is 9.10 Å². The number of carbonyl (C=O) groups excluding carboxylic acids is 2. The maximum atomic E-state index is 13.2. The van der Waals surface area contributed by atoms with Crippen molar-refractivity contribution in [3.8, 4) is 5.75 Å². The Hall–Kier alpha value is -3.92. The summed E-state index contributed by atoms with van der Waals surface area (Å²) in [5.74, 6) is -1.59. The van der Waals surface area contributed by atoms with Crippen LogP contribution in [0.2, 0.25) is 0 Å². The van der Waals surface area contributed by atoms with Gasteiger partial charge in [0, 0.05) is 12.7 Å². The Kier molecular flexibility index (Phi) is 7.29. The second-order valence-electron chi connectivity index (χ2n) is 6.80. The highest BCUT2D eigenvalue weighted by Gasteiger charge is 2.24. The van der Waals surface area contributed by atoms with Crippen molar-refractivity contribution in [1.29, 1.82) is 0 Å². The molecule has 0 aliphatic rings. The largest absolute Gasteiger partial charge is 0.495 e. The van der Waals surface area contributed by atoms with Gasteiger partial charge in [0.2, 0.25) is 0 Å². The predicted molar refractivity (Wildman–Crippen MR) is 120 cm³/mol. The molecule has 0 aromatic heterocycles. The molecule has 0 aliphatic heterocycles. The normalized spacial score (nSPS) is 10.9. The van der Waals surface area contributed by atoms with Crippen LogP contribution < -0.4 is 14.4 Å². The number of carbonyl (C=O) groups is 2. The minimum absolute atomic E-state index is 0.0451. The molecular formula is C23H21FN2O6S. The molecule has 0 radical (unpaired) electrons. The summed E-state index contributed by atoms with van der Waals surface area (Å²) in [4.78, 5) is 24.1. The third-order valence-electron chi connectivity index (χ3n) is 4.62. The lowest BCUT2D eigenvalue weighted by molar-refractivity contribution is -0.119. The Labute approximate surface area is 190 Å². The van der Waals surface area contributed by atoms with Gasteiger partial charge in [0.1, 0.15) is 11.6 Å². The monoisotopic (exact) mass is 472 g/mol. The van der Waals surface area contributed by atoms with E-state index in [0.717, 1.165) is 10.4 Å². The first kappa shape index (κ1) is 23.7. The number of para-hydroxylation sites is 2. The number of nitrogens with one attached hydrogen (secondary N) is 1. The van der Waals surface area contributed by atoms with E-state index < -0.39 is 34.3 Å².